The second kappa shape index (κ2) is 9.34. The smallest absolute Gasteiger partial charge is 0.239 e. The predicted octanol–water partition coefficient (Wildman–Crippen LogP) is 1.79. The molecule has 0 saturated carbocycles. The molecule has 2 rings (SSSR count). The Morgan fingerprint density at radius 1 is 1.21 bits per heavy atom. The van der Waals surface area contributed by atoms with E-state index in [0.717, 1.165) is 5.56 Å². The number of carbonyl (C=O) groups excluding carboxylic acids is 1. The monoisotopic (exact) mass is 332 g/mol. The number of halogens is 1. The van der Waals surface area contributed by atoms with E-state index >= 15 is 0 Å². The number of carbonyl (C=O) groups is 1. The summed E-state index contributed by atoms with van der Waals surface area (Å²) >= 11 is 0. The first-order valence-corrected chi connectivity index (χ1v) is 7.73. The highest BCUT2D eigenvalue weighted by molar-refractivity contribution is 5.86. The average Bonchev–Trinajstić information content (AvgIpc) is 3.09. The molecule has 0 aliphatic heterocycles. The highest BCUT2D eigenvalue weighted by Crippen LogP contribution is 2.04. The van der Waals surface area contributed by atoms with Gasteiger partial charge in [-0.25, -0.2) is 9.38 Å². The van der Waals surface area contributed by atoms with Gasteiger partial charge in [0, 0.05) is 6.54 Å². The molecule has 0 saturated heterocycles. The summed E-state index contributed by atoms with van der Waals surface area (Å²) in [4.78, 5) is 16.2. The Kier molecular flexibility index (Phi) is 6.82. The Bertz CT molecular complexity index is 671. The summed E-state index contributed by atoms with van der Waals surface area (Å²) in [7, 11) is 0. The molecule has 0 radical (unpaired) electrons. The van der Waals surface area contributed by atoms with Crippen molar-refractivity contribution in [2.24, 2.45) is 4.99 Å². The number of guanidine groups is 1. The van der Waals surface area contributed by atoms with Gasteiger partial charge in [-0.15, -0.1) is 0 Å². The van der Waals surface area contributed by atoms with Crippen molar-refractivity contribution in [3.63, 3.8) is 0 Å². The third-order valence-electron chi connectivity index (χ3n) is 3.11. The molecule has 7 heteroatoms. The van der Waals surface area contributed by atoms with Crippen molar-refractivity contribution in [1.82, 2.24) is 16.0 Å². The van der Waals surface area contributed by atoms with Crippen molar-refractivity contribution >= 4 is 11.9 Å². The van der Waals surface area contributed by atoms with Crippen LogP contribution in [0.4, 0.5) is 4.39 Å². The summed E-state index contributed by atoms with van der Waals surface area (Å²) in [6, 6.07) is 9.82. The summed E-state index contributed by atoms with van der Waals surface area (Å²) in [6.07, 6.45) is 1.56. The third-order valence-corrected chi connectivity index (χ3v) is 3.11. The van der Waals surface area contributed by atoms with Gasteiger partial charge in [0.2, 0.25) is 5.91 Å². The number of amides is 1. The van der Waals surface area contributed by atoms with Crippen LogP contribution in [0.2, 0.25) is 0 Å². The van der Waals surface area contributed by atoms with Gasteiger partial charge in [-0.1, -0.05) is 12.1 Å². The van der Waals surface area contributed by atoms with Gasteiger partial charge >= 0.3 is 0 Å². The quantitative estimate of drug-likeness (QED) is 0.533. The molecule has 0 bridgehead atoms. The van der Waals surface area contributed by atoms with E-state index in [4.69, 9.17) is 4.42 Å². The highest BCUT2D eigenvalue weighted by atomic mass is 19.1. The first kappa shape index (κ1) is 17.5. The fraction of sp³-hybridized carbons (Fsp3) is 0.294. The molecule has 0 atom stereocenters. The highest BCUT2D eigenvalue weighted by Gasteiger charge is 2.04. The predicted molar refractivity (Wildman–Crippen MR) is 89.8 cm³/mol. The molecule has 1 amide bonds. The van der Waals surface area contributed by atoms with Crippen LogP contribution in [0.3, 0.4) is 0 Å². The molecule has 1 aromatic heterocycles. The lowest BCUT2D eigenvalue weighted by molar-refractivity contribution is -0.120. The van der Waals surface area contributed by atoms with Gasteiger partial charge in [-0.3, -0.25) is 4.79 Å². The Labute approximate surface area is 140 Å². The van der Waals surface area contributed by atoms with Gasteiger partial charge in [0.05, 0.1) is 25.9 Å². The van der Waals surface area contributed by atoms with E-state index in [1.807, 2.05) is 6.92 Å². The second-order valence-corrected chi connectivity index (χ2v) is 5.03. The number of nitrogens with one attached hydrogen (secondary N) is 3. The average molecular weight is 332 g/mol. The van der Waals surface area contributed by atoms with Crippen LogP contribution in [0, 0.1) is 5.82 Å². The summed E-state index contributed by atoms with van der Waals surface area (Å²) in [6.45, 7) is 3.32. The maximum atomic E-state index is 13.2. The van der Waals surface area contributed by atoms with Gasteiger partial charge in [-0.2, -0.15) is 0 Å². The largest absolute Gasteiger partial charge is 0.467 e. The van der Waals surface area contributed by atoms with Gasteiger partial charge in [-0.05, 0) is 36.8 Å². The zero-order valence-electron chi connectivity index (χ0n) is 13.5. The van der Waals surface area contributed by atoms with Crippen molar-refractivity contribution in [3.05, 3.63) is 59.8 Å². The molecule has 0 fully saturated rings. The molecule has 0 aliphatic rings. The van der Waals surface area contributed by atoms with Crippen LogP contribution in [-0.4, -0.2) is 25.0 Å². The molecular weight excluding hydrogens is 311 g/mol. The maximum absolute atomic E-state index is 13.2. The molecule has 0 spiro atoms. The Morgan fingerprint density at radius 2 is 2.08 bits per heavy atom. The van der Waals surface area contributed by atoms with Crippen molar-refractivity contribution in [2.75, 3.05) is 13.1 Å². The van der Waals surface area contributed by atoms with Crippen molar-refractivity contribution in [2.45, 2.75) is 20.0 Å². The lowest BCUT2D eigenvalue weighted by Gasteiger charge is -2.11. The lowest BCUT2D eigenvalue weighted by Crippen LogP contribution is -2.43. The number of rotatable bonds is 7. The van der Waals surface area contributed by atoms with E-state index in [1.165, 1.54) is 12.1 Å². The van der Waals surface area contributed by atoms with Crippen LogP contribution in [0.15, 0.2) is 52.1 Å². The van der Waals surface area contributed by atoms with E-state index in [-0.39, 0.29) is 18.3 Å². The van der Waals surface area contributed by atoms with E-state index < -0.39 is 0 Å². The fourth-order valence-electron chi connectivity index (χ4n) is 1.97. The van der Waals surface area contributed by atoms with E-state index in [1.54, 1.807) is 30.5 Å². The minimum Gasteiger partial charge on any atom is -0.467 e. The van der Waals surface area contributed by atoms with Gasteiger partial charge in [0.25, 0.3) is 0 Å². The molecule has 3 N–H and O–H groups in total. The molecule has 6 nitrogen and oxygen atoms in total. The van der Waals surface area contributed by atoms with Crippen LogP contribution >= 0.6 is 0 Å². The molecule has 0 unspecified atom stereocenters. The van der Waals surface area contributed by atoms with Crippen LogP contribution in [0.25, 0.3) is 0 Å². The zero-order valence-corrected chi connectivity index (χ0v) is 13.5. The normalized spacial score (nSPS) is 11.2. The van der Waals surface area contributed by atoms with Crippen molar-refractivity contribution < 1.29 is 13.6 Å². The number of nitrogens with zero attached hydrogens (tertiary/aromatic N) is 1. The van der Waals surface area contributed by atoms with E-state index in [2.05, 4.69) is 20.9 Å². The second-order valence-electron chi connectivity index (χ2n) is 5.03. The SMILES string of the molecule is CCNC(=NCc1cccc(F)c1)NCC(=O)NCc1ccco1. The summed E-state index contributed by atoms with van der Waals surface area (Å²) in [5, 5.41) is 8.71. The molecule has 128 valence electrons. The van der Waals surface area contributed by atoms with Gasteiger partial charge in [0.1, 0.15) is 11.6 Å². The first-order chi connectivity index (χ1) is 11.7. The summed E-state index contributed by atoms with van der Waals surface area (Å²) in [5.74, 6) is 0.714. The van der Waals surface area contributed by atoms with Gasteiger partial charge < -0.3 is 20.4 Å². The molecule has 1 heterocycles. The van der Waals surface area contributed by atoms with Crippen molar-refractivity contribution in [3.8, 4) is 0 Å². The van der Waals surface area contributed by atoms with Crippen LogP contribution in [-0.2, 0) is 17.9 Å². The molecule has 1 aromatic carbocycles. The maximum Gasteiger partial charge on any atom is 0.239 e. The molecular formula is C17H21FN4O2. The van der Waals surface area contributed by atoms with Crippen molar-refractivity contribution in [1.29, 1.82) is 0 Å². The number of aliphatic imine (C=N–C) groups is 1. The number of benzene rings is 1. The topological polar surface area (TPSA) is 78.7 Å². The molecule has 0 aliphatic carbocycles. The lowest BCUT2D eigenvalue weighted by atomic mass is 10.2. The minimum absolute atomic E-state index is 0.0791. The van der Waals surface area contributed by atoms with E-state index in [9.17, 15) is 9.18 Å². The summed E-state index contributed by atoms with van der Waals surface area (Å²) in [5.41, 5.74) is 0.759. The Balaban J connectivity index is 1.81. The number of hydrogen-bond acceptors (Lipinski definition) is 3. The van der Waals surface area contributed by atoms with Crippen LogP contribution < -0.4 is 16.0 Å². The number of hydrogen-bond donors (Lipinski definition) is 3. The van der Waals surface area contributed by atoms with Gasteiger partial charge in [0.15, 0.2) is 5.96 Å². The zero-order chi connectivity index (χ0) is 17.2. The van der Waals surface area contributed by atoms with Crippen LogP contribution in [0.5, 0.6) is 0 Å². The molecule has 24 heavy (non-hydrogen) atoms. The van der Waals surface area contributed by atoms with E-state index in [0.29, 0.717) is 31.4 Å². The standard InChI is InChI=1S/C17H21FN4O2/c1-2-19-17(21-10-13-5-3-6-14(18)9-13)22-12-16(23)20-11-15-7-4-8-24-15/h3-9H,2,10-12H2,1H3,(H,20,23)(H2,19,21,22). The van der Waals surface area contributed by atoms with Crippen LogP contribution in [0.1, 0.15) is 18.2 Å². The summed E-state index contributed by atoms with van der Waals surface area (Å²) < 4.78 is 18.3. The number of furan rings is 1. The fourth-order valence-corrected chi connectivity index (χ4v) is 1.97. The Morgan fingerprint density at radius 3 is 2.79 bits per heavy atom. The third kappa shape index (κ3) is 6.12. The molecule has 2 aromatic rings. The minimum atomic E-state index is -0.294. The first-order valence-electron chi connectivity index (χ1n) is 7.73. The Hall–Kier alpha value is -2.83.